The Morgan fingerprint density at radius 3 is 3.15 bits per heavy atom. The summed E-state index contributed by atoms with van der Waals surface area (Å²) in [5.41, 5.74) is 8.32. The summed E-state index contributed by atoms with van der Waals surface area (Å²) in [5, 5.41) is 3.96. The molecule has 1 heterocycles. The quantitative estimate of drug-likeness (QED) is 0.589. The van der Waals surface area contributed by atoms with Crippen molar-refractivity contribution >= 4 is 6.21 Å². The molecule has 3 heteroatoms. The summed E-state index contributed by atoms with van der Waals surface area (Å²) in [6.07, 6.45) is 7.65. The summed E-state index contributed by atoms with van der Waals surface area (Å²) >= 11 is 0. The van der Waals surface area contributed by atoms with Gasteiger partial charge in [-0.2, -0.15) is 5.10 Å². The lowest BCUT2D eigenvalue weighted by atomic mass is 10.0. The molecule has 0 amide bonds. The van der Waals surface area contributed by atoms with Gasteiger partial charge in [-0.05, 0) is 24.3 Å². The number of rotatable bonds is 0. The molecule has 0 aromatic carbocycles. The van der Waals surface area contributed by atoms with Crippen LogP contribution in [0.2, 0.25) is 0 Å². The van der Waals surface area contributed by atoms with Crippen molar-refractivity contribution in [3.63, 3.8) is 0 Å². The van der Waals surface area contributed by atoms with E-state index in [1.54, 1.807) is 0 Å². The van der Waals surface area contributed by atoms with Crippen LogP contribution in [-0.4, -0.2) is 6.21 Å². The van der Waals surface area contributed by atoms with Crippen LogP contribution in [0.25, 0.3) is 0 Å². The minimum atomic E-state index is 0.758. The van der Waals surface area contributed by atoms with Crippen LogP contribution in [0.5, 0.6) is 0 Å². The first-order valence-corrected chi connectivity index (χ1v) is 4.91. The third kappa shape index (κ3) is 1.34. The van der Waals surface area contributed by atoms with Crippen LogP contribution in [0.4, 0.5) is 0 Å². The molecule has 0 bridgehead atoms. The van der Waals surface area contributed by atoms with Gasteiger partial charge in [-0.3, -0.25) is 5.43 Å². The predicted octanol–water partition coefficient (Wildman–Crippen LogP) is 1.57. The molecule has 13 heavy (non-hydrogen) atoms. The molecule has 3 nitrogen and oxygen atoms in total. The predicted molar refractivity (Wildman–Crippen MR) is 53.9 cm³/mol. The molecule has 0 saturated heterocycles. The number of fused-ring (bicyclic) bond motifs is 2. The molecule has 0 aromatic rings. The first kappa shape index (κ1) is 8.35. The van der Waals surface area contributed by atoms with Gasteiger partial charge in [-0.15, -0.1) is 0 Å². The van der Waals surface area contributed by atoms with Crippen LogP contribution >= 0.6 is 0 Å². The second kappa shape index (κ2) is 3.24. The lowest BCUT2D eigenvalue weighted by Gasteiger charge is -2.17. The van der Waals surface area contributed by atoms with Gasteiger partial charge >= 0.3 is 0 Å². The number of hydrogen-bond donors (Lipinski definition) is 2. The standard InChI is InChI=1S/C8H9N3.C2H6/c1-2-8-7(4-9-11-10-8)6-3-5(1)6;1-2/h1-2,4-6,10-11H,3H2;1-2H3. The zero-order valence-corrected chi connectivity index (χ0v) is 8.04. The van der Waals surface area contributed by atoms with Gasteiger partial charge in [0.05, 0.1) is 11.9 Å². The summed E-state index contributed by atoms with van der Waals surface area (Å²) < 4.78 is 0. The van der Waals surface area contributed by atoms with Gasteiger partial charge in [0.25, 0.3) is 0 Å². The Labute approximate surface area is 78.6 Å². The van der Waals surface area contributed by atoms with Gasteiger partial charge in [-0.1, -0.05) is 19.9 Å². The average Bonchev–Trinajstić information content (AvgIpc) is 3.00. The highest BCUT2D eigenvalue weighted by Gasteiger charge is 2.41. The summed E-state index contributed by atoms with van der Waals surface area (Å²) in [7, 11) is 0. The van der Waals surface area contributed by atoms with E-state index in [1.807, 2.05) is 20.1 Å². The molecular formula is C10H15N3. The van der Waals surface area contributed by atoms with E-state index in [0.29, 0.717) is 0 Å². The average molecular weight is 177 g/mol. The minimum absolute atomic E-state index is 0.758. The topological polar surface area (TPSA) is 36.4 Å². The molecule has 2 unspecified atom stereocenters. The van der Waals surface area contributed by atoms with E-state index in [1.165, 1.54) is 17.7 Å². The molecule has 2 atom stereocenters. The second-order valence-corrected chi connectivity index (χ2v) is 3.23. The highest BCUT2D eigenvalue weighted by Crippen LogP contribution is 2.48. The molecule has 0 radical (unpaired) electrons. The molecule has 0 aromatic heterocycles. The number of hydrogen-bond acceptors (Lipinski definition) is 3. The molecule has 3 rings (SSSR count). The van der Waals surface area contributed by atoms with Crippen LogP contribution in [0, 0.1) is 11.8 Å². The van der Waals surface area contributed by atoms with Gasteiger partial charge in [0, 0.05) is 5.57 Å². The van der Waals surface area contributed by atoms with Crippen molar-refractivity contribution < 1.29 is 0 Å². The Balaban J connectivity index is 0.000000308. The first-order chi connectivity index (χ1) is 6.45. The van der Waals surface area contributed by atoms with Gasteiger partial charge in [0.1, 0.15) is 0 Å². The lowest BCUT2D eigenvalue weighted by molar-refractivity contribution is 0.623. The van der Waals surface area contributed by atoms with E-state index >= 15 is 0 Å². The number of allylic oxidation sites excluding steroid dienone is 3. The number of nitrogens with zero attached hydrogens (tertiary/aromatic N) is 1. The van der Waals surface area contributed by atoms with Crippen molar-refractivity contribution in [2.75, 3.05) is 0 Å². The third-order valence-electron chi connectivity index (χ3n) is 2.52. The fourth-order valence-electron chi connectivity index (χ4n) is 1.77. The number of nitrogens with one attached hydrogen (secondary N) is 2. The molecule has 1 saturated carbocycles. The maximum absolute atomic E-state index is 3.96. The Bertz CT molecular complexity index is 289. The molecule has 70 valence electrons. The summed E-state index contributed by atoms with van der Waals surface area (Å²) in [5.74, 6) is 1.56. The van der Waals surface area contributed by atoms with Crippen LogP contribution in [-0.2, 0) is 0 Å². The lowest BCUT2D eigenvalue weighted by Crippen LogP contribution is -2.31. The highest BCUT2D eigenvalue weighted by atomic mass is 15.6. The van der Waals surface area contributed by atoms with Crippen molar-refractivity contribution in [2.45, 2.75) is 20.3 Å². The molecule has 1 fully saturated rings. The summed E-state index contributed by atoms with van der Waals surface area (Å²) in [4.78, 5) is 0. The van der Waals surface area contributed by atoms with Gasteiger partial charge in [-0.25, -0.2) is 5.53 Å². The third-order valence-corrected chi connectivity index (χ3v) is 2.52. The van der Waals surface area contributed by atoms with Gasteiger partial charge in [0.15, 0.2) is 0 Å². The van der Waals surface area contributed by atoms with Crippen LogP contribution < -0.4 is 11.0 Å². The van der Waals surface area contributed by atoms with E-state index in [2.05, 4.69) is 28.2 Å². The smallest absolute Gasteiger partial charge is 0.0603 e. The van der Waals surface area contributed by atoms with Crippen molar-refractivity contribution in [2.24, 2.45) is 16.9 Å². The Morgan fingerprint density at radius 2 is 2.31 bits per heavy atom. The SMILES string of the molecule is C1=CC2CC2C2=C1NNN=C2.CC. The Hall–Kier alpha value is -1.25. The van der Waals surface area contributed by atoms with Crippen molar-refractivity contribution in [3.05, 3.63) is 23.4 Å². The van der Waals surface area contributed by atoms with E-state index in [4.69, 9.17) is 0 Å². The van der Waals surface area contributed by atoms with Crippen molar-refractivity contribution in [3.8, 4) is 0 Å². The molecule has 0 spiro atoms. The van der Waals surface area contributed by atoms with Gasteiger partial charge < -0.3 is 0 Å². The van der Waals surface area contributed by atoms with Crippen molar-refractivity contribution in [1.82, 2.24) is 11.0 Å². The van der Waals surface area contributed by atoms with E-state index in [9.17, 15) is 0 Å². The summed E-state index contributed by atoms with van der Waals surface area (Å²) in [6, 6.07) is 0. The van der Waals surface area contributed by atoms with E-state index in [0.717, 1.165) is 11.8 Å². The maximum atomic E-state index is 3.96. The van der Waals surface area contributed by atoms with Crippen LogP contribution in [0.3, 0.4) is 0 Å². The molecule has 2 N–H and O–H groups in total. The minimum Gasteiger partial charge on any atom is -0.285 e. The largest absolute Gasteiger partial charge is 0.285 e. The monoisotopic (exact) mass is 177 g/mol. The van der Waals surface area contributed by atoms with Crippen LogP contribution in [0.15, 0.2) is 28.5 Å². The normalized spacial score (nSPS) is 31.8. The second-order valence-electron chi connectivity index (χ2n) is 3.23. The fraction of sp³-hybridized carbons (Fsp3) is 0.500. The molecule has 2 aliphatic carbocycles. The zero-order valence-electron chi connectivity index (χ0n) is 8.04. The zero-order chi connectivity index (χ0) is 9.26. The number of hydrazone groups is 1. The fourth-order valence-corrected chi connectivity index (χ4v) is 1.77. The Kier molecular flexibility index (Phi) is 2.08. The van der Waals surface area contributed by atoms with Crippen LogP contribution in [0.1, 0.15) is 20.3 Å². The summed E-state index contributed by atoms with van der Waals surface area (Å²) in [6.45, 7) is 4.00. The van der Waals surface area contributed by atoms with E-state index < -0.39 is 0 Å². The molecule has 1 aliphatic heterocycles. The molecule has 3 aliphatic rings. The highest BCUT2D eigenvalue weighted by molar-refractivity contribution is 5.83. The van der Waals surface area contributed by atoms with Crippen molar-refractivity contribution in [1.29, 1.82) is 0 Å². The Morgan fingerprint density at radius 1 is 1.46 bits per heavy atom. The number of hydrazine groups is 1. The first-order valence-electron chi connectivity index (χ1n) is 4.91. The van der Waals surface area contributed by atoms with E-state index in [-0.39, 0.29) is 0 Å². The maximum Gasteiger partial charge on any atom is 0.0603 e. The van der Waals surface area contributed by atoms with Gasteiger partial charge in [0.2, 0.25) is 0 Å². The molecular weight excluding hydrogens is 162 g/mol.